The van der Waals surface area contributed by atoms with Crippen LogP contribution in [0.15, 0.2) is 85.3 Å². The average Bonchev–Trinajstić information content (AvgIpc) is 3.15. The summed E-state index contributed by atoms with van der Waals surface area (Å²) in [5.74, 6) is 2.02. The Bertz CT molecular complexity index is 2360. The quantitative estimate of drug-likeness (QED) is 0.129. The van der Waals surface area contributed by atoms with Gasteiger partial charge in [0.1, 0.15) is 11.5 Å². The Morgan fingerprint density at radius 1 is 0.569 bits per heavy atom. The second kappa shape index (κ2) is 15.4. The van der Waals surface area contributed by atoms with Crippen LogP contribution in [0.4, 0.5) is 11.6 Å². The molecule has 0 bridgehead atoms. The second-order valence-corrected chi connectivity index (χ2v) is 18.8. The minimum atomic E-state index is 0.0639. The maximum absolute atomic E-state index is 10.4. The summed E-state index contributed by atoms with van der Waals surface area (Å²) in [5.41, 5.74) is 3.56. The summed E-state index contributed by atoms with van der Waals surface area (Å²) in [7, 11) is 4.18. The number of hydrogen-bond donors (Lipinski definition) is 4. The lowest BCUT2D eigenvalue weighted by Crippen LogP contribution is -2.62. The van der Waals surface area contributed by atoms with Gasteiger partial charge in [-0.2, -0.15) is 0 Å². The van der Waals surface area contributed by atoms with Gasteiger partial charge in [-0.15, -0.1) is 20.4 Å². The third-order valence-electron chi connectivity index (χ3n) is 11.5. The Morgan fingerprint density at radius 2 is 1.12 bits per heavy atom. The third-order valence-corrected chi connectivity index (χ3v) is 11.5. The van der Waals surface area contributed by atoms with Crippen molar-refractivity contribution in [1.82, 2.24) is 41.0 Å². The van der Waals surface area contributed by atoms with E-state index in [1.54, 1.807) is 30.7 Å². The van der Waals surface area contributed by atoms with Crippen LogP contribution in [0.3, 0.4) is 0 Å². The van der Waals surface area contributed by atoms with Gasteiger partial charge in [-0.25, -0.2) is 0 Å². The number of phenolic OH excluding ortho intramolecular Hbond substituents is 2. The van der Waals surface area contributed by atoms with Gasteiger partial charge in [0, 0.05) is 83.3 Å². The summed E-state index contributed by atoms with van der Waals surface area (Å²) in [4.78, 5) is 13.0. The first-order valence-electron chi connectivity index (χ1n) is 20.1. The fourth-order valence-electron chi connectivity index (χ4n) is 9.48. The molecule has 2 saturated heterocycles. The van der Waals surface area contributed by atoms with Gasteiger partial charge in [0.25, 0.3) is 0 Å². The highest BCUT2D eigenvalue weighted by molar-refractivity contribution is 5.95. The van der Waals surface area contributed by atoms with Gasteiger partial charge in [0.05, 0.1) is 22.5 Å². The summed E-state index contributed by atoms with van der Waals surface area (Å²) < 4.78 is 0. The fraction of sp³-hybridized carbons (Fsp3) is 0.435. The SMILES string of the molecule is CN(c1ccc(-c2c(O)ccc3cccnc23)nn1)C1CC(C)(C)NC(C)(C)C1.CN(c1ccc(-c2cc3ccncc3cc2O)nn1)C1CC(C)(C)NC(C)(C)C1. The molecule has 0 saturated carbocycles. The zero-order valence-electron chi connectivity index (χ0n) is 35.5. The number of hydrogen-bond acceptors (Lipinski definition) is 12. The number of nitrogens with zero attached hydrogens (tertiary/aromatic N) is 8. The molecule has 4 N–H and O–H groups in total. The molecule has 0 spiro atoms. The fourth-order valence-corrected chi connectivity index (χ4v) is 9.48. The van der Waals surface area contributed by atoms with E-state index in [0.717, 1.165) is 59.0 Å². The van der Waals surface area contributed by atoms with Crippen LogP contribution in [0.25, 0.3) is 44.2 Å². The summed E-state index contributed by atoms with van der Waals surface area (Å²) >= 11 is 0. The van der Waals surface area contributed by atoms with Gasteiger partial charge in [-0.3, -0.25) is 9.97 Å². The van der Waals surface area contributed by atoms with Crippen LogP contribution in [0.1, 0.15) is 81.1 Å². The van der Waals surface area contributed by atoms with Crippen LogP contribution < -0.4 is 20.4 Å². The number of fused-ring (bicyclic) bond motifs is 2. The summed E-state index contributed by atoms with van der Waals surface area (Å²) in [6.07, 6.45) is 9.35. The molecule has 8 rings (SSSR count). The van der Waals surface area contributed by atoms with E-state index in [0.29, 0.717) is 34.6 Å². The van der Waals surface area contributed by atoms with Crippen molar-refractivity contribution in [2.45, 2.75) is 115 Å². The number of benzene rings is 2. The van der Waals surface area contributed by atoms with E-state index in [9.17, 15) is 10.2 Å². The minimum Gasteiger partial charge on any atom is -0.507 e. The molecular weight excluding hydrogens is 725 g/mol. The number of aromatic nitrogens is 6. The Kier molecular flexibility index (Phi) is 10.8. The van der Waals surface area contributed by atoms with E-state index < -0.39 is 0 Å². The zero-order chi connectivity index (χ0) is 41.6. The lowest BCUT2D eigenvalue weighted by Gasteiger charge is -2.49. The van der Waals surface area contributed by atoms with Crippen molar-refractivity contribution >= 4 is 33.3 Å². The summed E-state index contributed by atoms with van der Waals surface area (Å²) in [6, 6.07) is 21.5. The third kappa shape index (κ3) is 8.98. The van der Waals surface area contributed by atoms with E-state index in [1.165, 1.54) is 0 Å². The lowest BCUT2D eigenvalue weighted by atomic mass is 9.79. The lowest BCUT2D eigenvalue weighted by molar-refractivity contribution is 0.160. The molecule has 6 heterocycles. The predicted octanol–water partition coefficient (Wildman–Crippen LogP) is 8.29. The number of anilines is 2. The zero-order valence-corrected chi connectivity index (χ0v) is 35.5. The molecule has 4 aromatic heterocycles. The molecule has 2 aromatic carbocycles. The van der Waals surface area contributed by atoms with Gasteiger partial charge in [-0.05, 0) is 147 Å². The topological polar surface area (TPSA) is 148 Å². The molecule has 0 atom stereocenters. The van der Waals surface area contributed by atoms with E-state index in [4.69, 9.17) is 0 Å². The van der Waals surface area contributed by atoms with Crippen molar-refractivity contribution < 1.29 is 10.2 Å². The molecule has 0 amide bonds. The molecule has 0 aliphatic carbocycles. The van der Waals surface area contributed by atoms with E-state index in [2.05, 4.69) is 120 Å². The van der Waals surface area contributed by atoms with Gasteiger partial charge >= 0.3 is 0 Å². The van der Waals surface area contributed by atoms with Crippen LogP contribution in [0, 0.1) is 0 Å². The van der Waals surface area contributed by atoms with E-state index in [1.807, 2.05) is 54.6 Å². The van der Waals surface area contributed by atoms with Crippen LogP contribution in [0.2, 0.25) is 0 Å². The van der Waals surface area contributed by atoms with Crippen LogP contribution in [-0.2, 0) is 0 Å². The van der Waals surface area contributed by atoms with Gasteiger partial charge in [0.2, 0.25) is 0 Å². The number of pyridine rings is 2. The maximum atomic E-state index is 10.4. The molecule has 12 nitrogen and oxygen atoms in total. The largest absolute Gasteiger partial charge is 0.507 e. The normalized spacial score (nSPS) is 18.7. The molecule has 2 aliphatic heterocycles. The molecule has 0 unspecified atom stereocenters. The standard InChI is InChI=1S/2C23H29N5O/c1-22(2)13-16(14-23(3,4)27-22)28(5)19-11-9-17(25-26-19)20-18(29)10-8-15-7-6-12-24-21(15)20;1-22(2)12-17(13-23(3,4)27-22)28(5)21-7-6-19(25-26-21)18-10-15-8-9-24-14-16(15)11-20(18)29/h6-12,16,27,29H,13-14H2,1-5H3;6-11,14,17,27,29H,12-13H2,1-5H3. The molecule has 12 heteroatoms. The van der Waals surface area contributed by atoms with Crippen molar-refractivity contribution in [3.05, 3.63) is 85.3 Å². The van der Waals surface area contributed by atoms with Crippen molar-refractivity contribution in [3.8, 4) is 34.0 Å². The molecule has 58 heavy (non-hydrogen) atoms. The molecule has 6 aromatic rings. The molecular formula is C46H58N10O2. The smallest absolute Gasteiger partial charge is 0.151 e. The number of rotatable bonds is 6. The highest BCUT2D eigenvalue weighted by atomic mass is 16.3. The number of phenols is 2. The Balaban J connectivity index is 0.000000177. The highest BCUT2D eigenvalue weighted by Crippen LogP contribution is 2.37. The molecule has 304 valence electrons. The first-order chi connectivity index (χ1) is 27.3. The first-order valence-corrected chi connectivity index (χ1v) is 20.1. The Morgan fingerprint density at radius 3 is 1.66 bits per heavy atom. The van der Waals surface area contributed by atoms with Crippen LogP contribution in [0.5, 0.6) is 11.5 Å². The summed E-state index contributed by atoms with van der Waals surface area (Å²) in [6.45, 7) is 18.0. The molecule has 0 radical (unpaired) electrons. The van der Waals surface area contributed by atoms with Crippen molar-refractivity contribution in [3.63, 3.8) is 0 Å². The maximum Gasteiger partial charge on any atom is 0.151 e. The molecule has 2 fully saturated rings. The summed E-state index contributed by atoms with van der Waals surface area (Å²) in [5, 5.41) is 49.0. The van der Waals surface area contributed by atoms with Crippen LogP contribution in [-0.4, -0.2) is 88.9 Å². The van der Waals surface area contributed by atoms with Gasteiger partial charge < -0.3 is 30.6 Å². The predicted molar refractivity (Wildman–Crippen MR) is 234 cm³/mol. The van der Waals surface area contributed by atoms with Gasteiger partial charge in [0.15, 0.2) is 11.6 Å². The highest BCUT2D eigenvalue weighted by Gasteiger charge is 2.40. The van der Waals surface area contributed by atoms with Gasteiger partial charge in [-0.1, -0.05) is 6.07 Å². The second-order valence-electron chi connectivity index (χ2n) is 18.8. The Labute approximate surface area is 342 Å². The minimum absolute atomic E-state index is 0.0639. The van der Waals surface area contributed by atoms with Crippen molar-refractivity contribution in [1.29, 1.82) is 0 Å². The first kappa shape index (κ1) is 40.7. The number of aromatic hydroxyl groups is 2. The monoisotopic (exact) mass is 782 g/mol. The van der Waals surface area contributed by atoms with Crippen molar-refractivity contribution in [2.75, 3.05) is 23.9 Å². The molecule has 2 aliphatic rings. The van der Waals surface area contributed by atoms with Crippen molar-refractivity contribution in [2.24, 2.45) is 0 Å². The average molecular weight is 783 g/mol. The van der Waals surface area contributed by atoms with E-state index >= 15 is 0 Å². The Hall–Kier alpha value is -5.46. The number of nitrogens with one attached hydrogen (secondary N) is 2. The van der Waals surface area contributed by atoms with E-state index in [-0.39, 0.29) is 33.7 Å². The number of piperidine rings is 2. The van der Waals surface area contributed by atoms with Crippen LogP contribution >= 0.6 is 0 Å².